The minimum Gasteiger partial charge on any atom is -0.507 e. The van der Waals surface area contributed by atoms with E-state index < -0.39 is 11.9 Å². The van der Waals surface area contributed by atoms with Crippen LogP contribution < -0.4 is 14.8 Å². The highest BCUT2D eigenvalue weighted by molar-refractivity contribution is 5.99. The number of phenols is 1. The molecule has 2 aromatic carbocycles. The third kappa shape index (κ3) is 5.69. The molecule has 0 spiro atoms. The summed E-state index contributed by atoms with van der Waals surface area (Å²) in [4.78, 5) is 27.5. The molecule has 2 N–H and O–H groups in total. The van der Waals surface area contributed by atoms with E-state index in [9.17, 15) is 14.7 Å². The Morgan fingerprint density at radius 3 is 2.23 bits per heavy atom. The number of benzene rings is 2. The van der Waals surface area contributed by atoms with Gasteiger partial charge in [0.2, 0.25) is 5.91 Å². The van der Waals surface area contributed by atoms with E-state index >= 15 is 0 Å². The summed E-state index contributed by atoms with van der Waals surface area (Å²) in [5.41, 5.74) is 0.160. The van der Waals surface area contributed by atoms with Crippen molar-refractivity contribution in [3.8, 4) is 17.2 Å². The lowest BCUT2D eigenvalue weighted by Crippen LogP contribution is -2.53. The summed E-state index contributed by atoms with van der Waals surface area (Å²) < 4.78 is 11.2. The van der Waals surface area contributed by atoms with E-state index in [4.69, 9.17) is 9.47 Å². The maximum Gasteiger partial charge on any atom is 0.255 e. The Kier molecular flexibility index (Phi) is 7.39. The van der Waals surface area contributed by atoms with Gasteiger partial charge in [0, 0.05) is 25.9 Å². The van der Waals surface area contributed by atoms with Crippen molar-refractivity contribution in [3.05, 3.63) is 54.1 Å². The summed E-state index contributed by atoms with van der Waals surface area (Å²) in [6.07, 6.45) is 1.47. The van der Waals surface area contributed by atoms with Crippen LogP contribution in [0.1, 0.15) is 37.0 Å². The molecule has 7 nitrogen and oxygen atoms in total. The number of methoxy groups -OCH3 is 1. The fraction of sp³-hybridized carbons (Fsp3) is 0.417. The zero-order valence-corrected chi connectivity index (χ0v) is 18.2. The van der Waals surface area contributed by atoms with Gasteiger partial charge in [-0.05, 0) is 42.3 Å². The van der Waals surface area contributed by atoms with Gasteiger partial charge in [-0.3, -0.25) is 9.59 Å². The van der Waals surface area contributed by atoms with Crippen LogP contribution >= 0.6 is 0 Å². The number of aromatic hydroxyl groups is 1. The van der Waals surface area contributed by atoms with Gasteiger partial charge in [0.1, 0.15) is 29.4 Å². The Hall–Kier alpha value is -3.22. The first kappa shape index (κ1) is 22.5. The Morgan fingerprint density at radius 1 is 1.03 bits per heavy atom. The number of carbonyl (C=O) groups is 2. The lowest BCUT2D eigenvalue weighted by atomic mass is 9.99. The third-order valence-electron chi connectivity index (χ3n) is 5.48. The summed E-state index contributed by atoms with van der Waals surface area (Å²) in [5.74, 6) is 0.797. The number of nitrogens with zero attached hydrogens (tertiary/aromatic N) is 1. The molecule has 7 heteroatoms. The number of nitrogens with one attached hydrogen (secondary N) is 1. The van der Waals surface area contributed by atoms with Gasteiger partial charge in [-0.1, -0.05) is 26.0 Å². The summed E-state index contributed by atoms with van der Waals surface area (Å²) in [6.45, 7) is 4.92. The number of ether oxygens (including phenoxy) is 2. The predicted molar refractivity (Wildman–Crippen MR) is 117 cm³/mol. The molecule has 1 aliphatic rings. The maximum absolute atomic E-state index is 13.1. The molecule has 31 heavy (non-hydrogen) atoms. The number of piperidine rings is 1. The van der Waals surface area contributed by atoms with Crippen molar-refractivity contribution in [1.82, 2.24) is 10.2 Å². The predicted octanol–water partition coefficient (Wildman–Crippen LogP) is 3.23. The maximum atomic E-state index is 13.1. The largest absolute Gasteiger partial charge is 0.507 e. The van der Waals surface area contributed by atoms with Crippen LogP contribution in [0.4, 0.5) is 0 Å². The molecule has 2 amide bonds. The van der Waals surface area contributed by atoms with Crippen molar-refractivity contribution in [2.75, 3.05) is 20.2 Å². The van der Waals surface area contributed by atoms with Gasteiger partial charge < -0.3 is 24.8 Å². The lowest BCUT2D eigenvalue weighted by Gasteiger charge is -2.35. The van der Waals surface area contributed by atoms with Crippen LogP contribution in [0.25, 0.3) is 0 Å². The van der Waals surface area contributed by atoms with Gasteiger partial charge >= 0.3 is 0 Å². The molecule has 2 aromatic rings. The Labute approximate surface area is 183 Å². The van der Waals surface area contributed by atoms with Gasteiger partial charge in [0.15, 0.2) is 0 Å². The molecule has 1 saturated heterocycles. The number of hydrogen-bond donors (Lipinski definition) is 2. The van der Waals surface area contributed by atoms with E-state index in [0.29, 0.717) is 13.1 Å². The highest BCUT2D eigenvalue weighted by Gasteiger charge is 2.32. The number of carbonyl (C=O) groups excluding carboxylic acids is 2. The number of likely N-dealkylation sites (tertiary alicyclic amines) is 1. The minimum atomic E-state index is -0.661. The average molecular weight is 427 g/mol. The second kappa shape index (κ2) is 10.2. The highest BCUT2D eigenvalue weighted by atomic mass is 16.5. The number of rotatable bonds is 7. The second-order valence-corrected chi connectivity index (χ2v) is 8.03. The molecule has 1 fully saturated rings. The number of hydrogen-bond acceptors (Lipinski definition) is 5. The van der Waals surface area contributed by atoms with Gasteiger partial charge in [0.05, 0.1) is 12.7 Å². The van der Waals surface area contributed by atoms with Gasteiger partial charge in [-0.15, -0.1) is 0 Å². The first-order chi connectivity index (χ1) is 14.9. The smallest absolute Gasteiger partial charge is 0.255 e. The molecule has 0 saturated carbocycles. The van der Waals surface area contributed by atoms with Crippen LogP contribution in [0.3, 0.4) is 0 Å². The van der Waals surface area contributed by atoms with Crippen LogP contribution in [0.2, 0.25) is 0 Å². The molecule has 1 atom stereocenters. The van der Waals surface area contributed by atoms with Crippen molar-refractivity contribution in [1.29, 1.82) is 0 Å². The van der Waals surface area contributed by atoms with E-state index in [-0.39, 0.29) is 29.2 Å². The highest BCUT2D eigenvalue weighted by Crippen LogP contribution is 2.23. The molecule has 3 rings (SSSR count). The van der Waals surface area contributed by atoms with Gasteiger partial charge in [-0.25, -0.2) is 0 Å². The average Bonchev–Trinajstić information content (AvgIpc) is 2.78. The molecule has 1 heterocycles. The fourth-order valence-corrected chi connectivity index (χ4v) is 3.64. The van der Waals surface area contributed by atoms with Crippen molar-refractivity contribution < 1.29 is 24.2 Å². The summed E-state index contributed by atoms with van der Waals surface area (Å²) in [6, 6.07) is 13.1. The fourth-order valence-electron chi connectivity index (χ4n) is 3.64. The third-order valence-corrected chi connectivity index (χ3v) is 5.48. The molecule has 1 aliphatic heterocycles. The SMILES string of the molecule is COc1ccc(OC2CCN(C(=O)[C@@H](NC(=O)c3ccccc3O)C(C)C)CC2)cc1. The zero-order chi connectivity index (χ0) is 22.4. The monoisotopic (exact) mass is 426 g/mol. The molecule has 0 unspecified atom stereocenters. The first-order valence-electron chi connectivity index (χ1n) is 10.6. The summed E-state index contributed by atoms with van der Waals surface area (Å²) >= 11 is 0. The lowest BCUT2D eigenvalue weighted by molar-refractivity contribution is -0.136. The van der Waals surface area contributed by atoms with Gasteiger partial charge in [-0.2, -0.15) is 0 Å². The minimum absolute atomic E-state index is 0.0331. The zero-order valence-electron chi connectivity index (χ0n) is 18.2. The van der Waals surface area contributed by atoms with E-state index in [1.165, 1.54) is 12.1 Å². The van der Waals surface area contributed by atoms with E-state index in [2.05, 4.69) is 5.32 Å². The van der Waals surface area contributed by atoms with Crippen molar-refractivity contribution in [2.45, 2.75) is 38.8 Å². The molecule has 0 aliphatic carbocycles. The van der Waals surface area contributed by atoms with Crippen LogP contribution in [-0.2, 0) is 4.79 Å². The Balaban J connectivity index is 1.56. The van der Waals surface area contributed by atoms with Gasteiger partial charge in [0.25, 0.3) is 5.91 Å². The first-order valence-corrected chi connectivity index (χ1v) is 10.6. The van der Waals surface area contributed by atoms with E-state index in [1.54, 1.807) is 24.1 Å². The Bertz CT molecular complexity index is 889. The number of para-hydroxylation sites is 1. The summed E-state index contributed by atoms with van der Waals surface area (Å²) in [7, 11) is 1.62. The molecule has 0 aromatic heterocycles. The van der Waals surface area contributed by atoms with Crippen molar-refractivity contribution in [2.24, 2.45) is 5.92 Å². The molecule has 166 valence electrons. The topological polar surface area (TPSA) is 88.1 Å². The Morgan fingerprint density at radius 2 is 1.65 bits per heavy atom. The van der Waals surface area contributed by atoms with Crippen LogP contribution in [0.15, 0.2) is 48.5 Å². The van der Waals surface area contributed by atoms with Crippen LogP contribution in [-0.4, -0.2) is 54.2 Å². The second-order valence-electron chi connectivity index (χ2n) is 8.03. The molecular formula is C24H30N2O5. The van der Waals surface area contributed by atoms with E-state index in [0.717, 1.165) is 24.3 Å². The molecule has 0 radical (unpaired) electrons. The van der Waals surface area contributed by atoms with Crippen LogP contribution in [0.5, 0.6) is 17.2 Å². The summed E-state index contributed by atoms with van der Waals surface area (Å²) in [5, 5.41) is 12.7. The quantitative estimate of drug-likeness (QED) is 0.710. The standard InChI is InChI=1S/C24H30N2O5/c1-16(2)22(25-23(28)20-6-4-5-7-21(20)27)24(29)26-14-12-19(13-15-26)31-18-10-8-17(30-3)9-11-18/h4-11,16,19,22,27H,12-15H2,1-3H3,(H,25,28)/t22-/m0/s1. The van der Waals surface area contributed by atoms with Crippen molar-refractivity contribution in [3.63, 3.8) is 0 Å². The van der Waals surface area contributed by atoms with Crippen LogP contribution in [0, 0.1) is 5.92 Å². The number of phenolic OH excluding ortho intramolecular Hbond substituents is 1. The number of amides is 2. The molecular weight excluding hydrogens is 396 g/mol. The normalized spacial score (nSPS) is 15.4. The van der Waals surface area contributed by atoms with E-state index in [1.807, 2.05) is 38.1 Å². The molecule has 0 bridgehead atoms. The van der Waals surface area contributed by atoms with Crippen molar-refractivity contribution >= 4 is 11.8 Å².